The molecule has 1 saturated heterocycles. The van der Waals surface area contributed by atoms with Gasteiger partial charge in [0.25, 0.3) is 0 Å². The standard InChI is InChI=1S/C14H26N2O/c1-12-9-14(10-12,11-15)13(17)16-7-5-3-2-4-6-8-16/h12H,2-11,15H2,1H3. The highest BCUT2D eigenvalue weighted by Crippen LogP contribution is 2.46. The minimum Gasteiger partial charge on any atom is -0.342 e. The molecule has 0 atom stereocenters. The van der Waals surface area contributed by atoms with E-state index in [4.69, 9.17) is 5.73 Å². The minimum atomic E-state index is -0.196. The molecule has 2 aliphatic rings. The van der Waals surface area contributed by atoms with Crippen molar-refractivity contribution < 1.29 is 4.79 Å². The van der Waals surface area contributed by atoms with Gasteiger partial charge in [-0.15, -0.1) is 0 Å². The van der Waals surface area contributed by atoms with Crippen LogP contribution in [0, 0.1) is 11.3 Å². The SMILES string of the molecule is CC1CC(CN)(C(=O)N2CCCCCCC2)C1. The molecule has 0 unspecified atom stereocenters. The number of nitrogens with zero attached hydrogens (tertiary/aromatic N) is 1. The van der Waals surface area contributed by atoms with Gasteiger partial charge in [0.15, 0.2) is 0 Å². The number of likely N-dealkylation sites (tertiary alicyclic amines) is 1. The molecule has 0 radical (unpaired) electrons. The molecule has 1 aliphatic carbocycles. The van der Waals surface area contributed by atoms with Crippen molar-refractivity contribution in [3.05, 3.63) is 0 Å². The molecule has 2 fully saturated rings. The van der Waals surface area contributed by atoms with Gasteiger partial charge in [0.05, 0.1) is 5.41 Å². The summed E-state index contributed by atoms with van der Waals surface area (Å²) in [6.45, 7) is 4.66. The van der Waals surface area contributed by atoms with E-state index < -0.39 is 0 Å². The van der Waals surface area contributed by atoms with Crippen LogP contribution in [0.3, 0.4) is 0 Å². The Kier molecular flexibility index (Phi) is 4.08. The maximum Gasteiger partial charge on any atom is 0.230 e. The van der Waals surface area contributed by atoms with Crippen LogP contribution in [-0.4, -0.2) is 30.4 Å². The van der Waals surface area contributed by atoms with Gasteiger partial charge in [-0.25, -0.2) is 0 Å². The van der Waals surface area contributed by atoms with E-state index in [1.807, 2.05) is 0 Å². The zero-order valence-corrected chi connectivity index (χ0v) is 11.1. The number of amides is 1. The third kappa shape index (κ3) is 2.65. The molecule has 2 N–H and O–H groups in total. The lowest BCUT2D eigenvalue weighted by molar-refractivity contribution is -0.150. The van der Waals surface area contributed by atoms with Crippen molar-refractivity contribution >= 4 is 5.91 Å². The third-order valence-electron chi connectivity index (χ3n) is 4.47. The smallest absolute Gasteiger partial charge is 0.230 e. The topological polar surface area (TPSA) is 46.3 Å². The fourth-order valence-electron chi connectivity index (χ4n) is 3.49. The largest absolute Gasteiger partial charge is 0.342 e. The van der Waals surface area contributed by atoms with Crippen LogP contribution in [0.25, 0.3) is 0 Å². The molecule has 0 aromatic rings. The Morgan fingerprint density at radius 2 is 1.71 bits per heavy atom. The Bertz CT molecular complexity index is 263. The van der Waals surface area contributed by atoms with Crippen LogP contribution in [0.4, 0.5) is 0 Å². The molecule has 2 rings (SSSR count). The molecule has 1 aliphatic heterocycles. The summed E-state index contributed by atoms with van der Waals surface area (Å²) in [6.07, 6.45) is 8.22. The van der Waals surface area contributed by atoms with Gasteiger partial charge in [-0.05, 0) is 31.6 Å². The second kappa shape index (κ2) is 5.38. The highest BCUT2D eigenvalue weighted by Gasteiger charge is 2.48. The van der Waals surface area contributed by atoms with E-state index >= 15 is 0 Å². The van der Waals surface area contributed by atoms with Crippen LogP contribution in [0.5, 0.6) is 0 Å². The fourth-order valence-corrected chi connectivity index (χ4v) is 3.49. The molecule has 0 bridgehead atoms. The monoisotopic (exact) mass is 238 g/mol. The number of hydrogen-bond donors (Lipinski definition) is 1. The molecule has 17 heavy (non-hydrogen) atoms. The van der Waals surface area contributed by atoms with E-state index in [0.29, 0.717) is 18.4 Å². The van der Waals surface area contributed by atoms with Crippen LogP contribution in [0.2, 0.25) is 0 Å². The Labute approximate surface area is 105 Å². The van der Waals surface area contributed by atoms with E-state index in [0.717, 1.165) is 25.9 Å². The van der Waals surface area contributed by atoms with E-state index in [-0.39, 0.29) is 5.41 Å². The summed E-state index contributed by atoms with van der Waals surface area (Å²) in [6, 6.07) is 0. The lowest BCUT2D eigenvalue weighted by atomic mass is 9.61. The van der Waals surface area contributed by atoms with E-state index in [1.54, 1.807) is 0 Å². The van der Waals surface area contributed by atoms with Crippen LogP contribution >= 0.6 is 0 Å². The normalized spacial score (nSPS) is 34.7. The first-order chi connectivity index (χ1) is 8.18. The molecular formula is C14H26N2O. The predicted molar refractivity (Wildman–Crippen MR) is 69.6 cm³/mol. The van der Waals surface area contributed by atoms with Crippen molar-refractivity contribution in [1.29, 1.82) is 0 Å². The van der Waals surface area contributed by atoms with Crippen LogP contribution in [0.1, 0.15) is 51.9 Å². The van der Waals surface area contributed by atoms with Crippen molar-refractivity contribution in [3.63, 3.8) is 0 Å². The molecule has 98 valence electrons. The number of carbonyl (C=O) groups is 1. The molecule has 0 aromatic carbocycles. The van der Waals surface area contributed by atoms with Gasteiger partial charge in [-0.3, -0.25) is 4.79 Å². The fraction of sp³-hybridized carbons (Fsp3) is 0.929. The van der Waals surface area contributed by atoms with Crippen molar-refractivity contribution in [3.8, 4) is 0 Å². The molecule has 1 amide bonds. The average Bonchev–Trinajstić information content (AvgIpc) is 2.23. The Morgan fingerprint density at radius 3 is 2.18 bits per heavy atom. The predicted octanol–water partition coefficient (Wildman–Crippen LogP) is 2.15. The highest BCUT2D eigenvalue weighted by molar-refractivity contribution is 5.84. The first kappa shape index (κ1) is 12.9. The van der Waals surface area contributed by atoms with Gasteiger partial charge in [0, 0.05) is 19.6 Å². The summed E-state index contributed by atoms with van der Waals surface area (Å²) in [5.74, 6) is 1.03. The summed E-state index contributed by atoms with van der Waals surface area (Å²) in [5, 5.41) is 0. The summed E-state index contributed by atoms with van der Waals surface area (Å²) in [5.41, 5.74) is 5.67. The average molecular weight is 238 g/mol. The molecular weight excluding hydrogens is 212 g/mol. The molecule has 0 spiro atoms. The highest BCUT2D eigenvalue weighted by atomic mass is 16.2. The molecule has 0 aromatic heterocycles. The van der Waals surface area contributed by atoms with Crippen molar-refractivity contribution in [2.24, 2.45) is 17.1 Å². The maximum atomic E-state index is 12.6. The van der Waals surface area contributed by atoms with Gasteiger partial charge in [-0.2, -0.15) is 0 Å². The molecule has 3 heteroatoms. The van der Waals surface area contributed by atoms with E-state index in [2.05, 4.69) is 11.8 Å². The lowest BCUT2D eigenvalue weighted by Crippen LogP contribution is -2.55. The minimum absolute atomic E-state index is 0.196. The molecule has 1 saturated carbocycles. The van der Waals surface area contributed by atoms with Crippen LogP contribution in [-0.2, 0) is 4.79 Å². The number of hydrogen-bond acceptors (Lipinski definition) is 2. The second-order valence-corrected chi connectivity index (χ2v) is 6.06. The van der Waals surface area contributed by atoms with Crippen molar-refractivity contribution in [1.82, 2.24) is 4.90 Å². The summed E-state index contributed by atoms with van der Waals surface area (Å²) < 4.78 is 0. The summed E-state index contributed by atoms with van der Waals surface area (Å²) in [7, 11) is 0. The summed E-state index contributed by atoms with van der Waals surface area (Å²) >= 11 is 0. The Morgan fingerprint density at radius 1 is 1.18 bits per heavy atom. The van der Waals surface area contributed by atoms with Gasteiger partial charge >= 0.3 is 0 Å². The zero-order valence-electron chi connectivity index (χ0n) is 11.1. The van der Waals surface area contributed by atoms with Crippen molar-refractivity contribution in [2.75, 3.05) is 19.6 Å². The third-order valence-corrected chi connectivity index (χ3v) is 4.47. The molecule has 3 nitrogen and oxygen atoms in total. The van der Waals surface area contributed by atoms with Gasteiger partial charge in [0.1, 0.15) is 0 Å². The van der Waals surface area contributed by atoms with E-state index in [1.165, 1.54) is 32.1 Å². The van der Waals surface area contributed by atoms with Gasteiger partial charge in [-0.1, -0.05) is 26.2 Å². The first-order valence-electron chi connectivity index (χ1n) is 7.17. The summed E-state index contributed by atoms with van der Waals surface area (Å²) in [4.78, 5) is 14.7. The number of nitrogens with two attached hydrogens (primary N) is 1. The quantitative estimate of drug-likeness (QED) is 0.801. The number of rotatable bonds is 2. The lowest BCUT2D eigenvalue weighted by Gasteiger charge is -2.47. The Hall–Kier alpha value is -0.570. The van der Waals surface area contributed by atoms with E-state index in [9.17, 15) is 4.79 Å². The van der Waals surface area contributed by atoms with Gasteiger partial charge in [0.2, 0.25) is 5.91 Å². The van der Waals surface area contributed by atoms with Gasteiger partial charge < -0.3 is 10.6 Å². The first-order valence-corrected chi connectivity index (χ1v) is 7.17. The zero-order chi connectivity index (χ0) is 12.3. The van der Waals surface area contributed by atoms with Crippen LogP contribution in [0.15, 0.2) is 0 Å². The second-order valence-electron chi connectivity index (χ2n) is 6.06. The Balaban J connectivity index is 1.97. The number of carbonyl (C=O) groups excluding carboxylic acids is 1. The molecule has 1 heterocycles. The maximum absolute atomic E-state index is 12.6. The van der Waals surface area contributed by atoms with Crippen LogP contribution < -0.4 is 5.73 Å². The van der Waals surface area contributed by atoms with Crippen molar-refractivity contribution in [2.45, 2.75) is 51.9 Å².